The number of hydrogen-bond donors (Lipinski definition) is 3. The first-order valence-electron chi connectivity index (χ1n) is 6.30. The highest BCUT2D eigenvalue weighted by Gasteiger charge is 2.22. The molecular weight excluding hydrogens is 252 g/mol. The van der Waals surface area contributed by atoms with E-state index >= 15 is 0 Å². The Labute approximate surface area is 113 Å². The van der Waals surface area contributed by atoms with Crippen molar-refractivity contribution in [3.05, 3.63) is 0 Å². The van der Waals surface area contributed by atoms with E-state index < -0.39 is 12.0 Å². The molecule has 1 amide bonds. The number of methoxy groups -OCH3 is 1. The first kappa shape index (κ1) is 17.8. The fourth-order valence-corrected chi connectivity index (χ4v) is 1.42. The molecule has 0 saturated heterocycles. The summed E-state index contributed by atoms with van der Waals surface area (Å²) in [5, 5.41) is 14.1. The van der Waals surface area contributed by atoms with Crippen molar-refractivity contribution in [2.24, 2.45) is 0 Å². The zero-order valence-corrected chi connectivity index (χ0v) is 11.8. The lowest BCUT2D eigenvalue weighted by Gasteiger charge is -2.17. The lowest BCUT2D eigenvalue weighted by atomic mass is 10.2. The predicted octanol–water partition coefficient (Wildman–Crippen LogP) is -0.959. The summed E-state index contributed by atoms with van der Waals surface area (Å²) >= 11 is 0. The third-order valence-electron chi connectivity index (χ3n) is 2.20. The van der Waals surface area contributed by atoms with Gasteiger partial charge in [0, 0.05) is 12.6 Å². The van der Waals surface area contributed by atoms with Gasteiger partial charge in [-0.15, -0.1) is 0 Å². The number of carbonyl (C=O) groups excluding carboxylic acids is 2. The average Bonchev–Trinajstić information content (AvgIpc) is 2.35. The molecule has 1 atom stereocenters. The standard InChI is InChI=1S/C12H24N2O5/c1-9(2)14-11(16)8-10(12(17)18-3)13-4-6-19-7-5-15/h9-10,13,15H,4-8H2,1-3H3,(H,14,16). The highest BCUT2D eigenvalue weighted by atomic mass is 16.5. The zero-order chi connectivity index (χ0) is 14.7. The van der Waals surface area contributed by atoms with Gasteiger partial charge in [0.25, 0.3) is 0 Å². The van der Waals surface area contributed by atoms with E-state index in [0.29, 0.717) is 13.2 Å². The van der Waals surface area contributed by atoms with Gasteiger partial charge in [0.05, 0.1) is 33.4 Å². The van der Waals surface area contributed by atoms with Crippen LogP contribution in [-0.4, -0.2) is 62.5 Å². The topological polar surface area (TPSA) is 96.9 Å². The van der Waals surface area contributed by atoms with Crippen LogP contribution in [0.3, 0.4) is 0 Å². The van der Waals surface area contributed by atoms with Gasteiger partial charge in [0.1, 0.15) is 6.04 Å². The average molecular weight is 276 g/mol. The third-order valence-corrected chi connectivity index (χ3v) is 2.20. The van der Waals surface area contributed by atoms with Gasteiger partial charge >= 0.3 is 5.97 Å². The van der Waals surface area contributed by atoms with Crippen molar-refractivity contribution in [1.29, 1.82) is 0 Å². The molecule has 7 nitrogen and oxygen atoms in total. The van der Waals surface area contributed by atoms with E-state index in [0.717, 1.165) is 0 Å². The van der Waals surface area contributed by atoms with Crippen LogP contribution >= 0.6 is 0 Å². The van der Waals surface area contributed by atoms with Crippen LogP contribution < -0.4 is 10.6 Å². The number of esters is 1. The van der Waals surface area contributed by atoms with Crippen LogP contribution in [0.25, 0.3) is 0 Å². The Morgan fingerprint density at radius 3 is 2.47 bits per heavy atom. The van der Waals surface area contributed by atoms with Gasteiger partial charge < -0.3 is 25.2 Å². The van der Waals surface area contributed by atoms with Gasteiger partial charge in [-0.05, 0) is 13.8 Å². The number of ether oxygens (including phenoxy) is 2. The second-order valence-electron chi connectivity index (χ2n) is 4.29. The summed E-state index contributed by atoms with van der Waals surface area (Å²) in [5.74, 6) is -0.699. The van der Waals surface area contributed by atoms with Gasteiger partial charge in [-0.3, -0.25) is 9.59 Å². The largest absolute Gasteiger partial charge is 0.468 e. The summed E-state index contributed by atoms with van der Waals surface area (Å²) in [4.78, 5) is 23.1. The lowest BCUT2D eigenvalue weighted by molar-refractivity contribution is -0.145. The third kappa shape index (κ3) is 9.40. The van der Waals surface area contributed by atoms with E-state index in [-0.39, 0.29) is 31.6 Å². The van der Waals surface area contributed by atoms with Crippen molar-refractivity contribution < 1.29 is 24.2 Å². The van der Waals surface area contributed by atoms with Crippen LogP contribution in [0.1, 0.15) is 20.3 Å². The number of aliphatic hydroxyl groups excluding tert-OH is 1. The van der Waals surface area contributed by atoms with Gasteiger partial charge in [-0.2, -0.15) is 0 Å². The minimum absolute atomic E-state index is 0.0187. The molecule has 0 aliphatic carbocycles. The molecule has 0 radical (unpaired) electrons. The number of rotatable bonds is 10. The molecular formula is C12H24N2O5. The molecule has 112 valence electrons. The Morgan fingerprint density at radius 1 is 1.26 bits per heavy atom. The molecule has 0 saturated carbocycles. The molecule has 0 fully saturated rings. The van der Waals surface area contributed by atoms with Crippen LogP contribution in [0, 0.1) is 0 Å². The predicted molar refractivity (Wildman–Crippen MR) is 69.6 cm³/mol. The summed E-state index contributed by atoms with van der Waals surface area (Å²) in [6.07, 6.45) is 0.0187. The minimum atomic E-state index is -0.693. The van der Waals surface area contributed by atoms with Crippen LogP contribution in [0.4, 0.5) is 0 Å². The molecule has 0 spiro atoms. The van der Waals surface area contributed by atoms with E-state index in [1.807, 2.05) is 13.8 Å². The molecule has 0 aliphatic rings. The van der Waals surface area contributed by atoms with Crippen molar-refractivity contribution >= 4 is 11.9 Å². The molecule has 1 unspecified atom stereocenters. The fourth-order valence-electron chi connectivity index (χ4n) is 1.42. The second-order valence-corrected chi connectivity index (χ2v) is 4.29. The number of aliphatic hydroxyl groups is 1. The SMILES string of the molecule is COC(=O)C(CC(=O)NC(C)C)NCCOCCO. The lowest BCUT2D eigenvalue weighted by Crippen LogP contribution is -2.44. The Bertz CT molecular complexity index is 271. The van der Waals surface area contributed by atoms with E-state index in [1.54, 1.807) is 0 Å². The van der Waals surface area contributed by atoms with Gasteiger partial charge in [-0.1, -0.05) is 0 Å². The van der Waals surface area contributed by atoms with Crippen LogP contribution in [0.2, 0.25) is 0 Å². The quantitative estimate of drug-likeness (QED) is 0.351. The number of amides is 1. The Balaban J connectivity index is 4.09. The van der Waals surface area contributed by atoms with Crippen molar-refractivity contribution in [2.45, 2.75) is 32.4 Å². The molecule has 0 heterocycles. The molecule has 0 aromatic rings. The number of hydrogen-bond acceptors (Lipinski definition) is 6. The maximum Gasteiger partial charge on any atom is 0.323 e. The van der Waals surface area contributed by atoms with Crippen LogP contribution in [-0.2, 0) is 19.1 Å². The number of nitrogens with one attached hydrogen (secondary N) is 2. The van der Waals surface area contributed by atoms with Crippen molar-refractivity contribution in [1.82, 2.24) is 10.6 Å². The summed E-state index contributed by atoms with van der Waals surface area (Å²) in [6, 6.07) is -0.667. The Kier molecular flexibility index (Phi) is 10.1. The summed E-state index contributed by atoms with van der Waals surface area (Å²) in [5.41, 5.74) is 0. The van der Waals surface area contributed by atoms with Crippen LogP contribution in [0.5, 0.6) is 0 Å². The van der Waals surface area contributed by atoms with E-state index in [1.165, 1.54) is 7.11 Å². The highest BCUT2D eigenvalue weighted by molar-refractivity contribution is 5.85. The maximum atomic E-state index is 11.6. The molecule has 0 aromatic heterocycles. The van der Waals surface area contributed by atoms with Gasteiger partial charge in [0.15, 0.2) is 0 Å². The first-order valence-corrected chi connectivity index (χ1v) is 6.30. The van der Waals surface area contributed by atoms with E-state index in [9.17, 15) is 9.59 Å². The fraction of sp³-hybridized carbons (Fsp3) is 0.833. The van der Waals surface area contributed by atoms with E-state index in [4.69, 9.17) is 9.84 Å². The summed E-state index contributed by atoms with van der Waals surface area (Å²) in [7, 11) is 1.28. The van der Waals surface area contributed by atoms with Gasteiger partial charge in [0.2, 0.25) is 5.91 Å². The number of carbonyl (C=O) groups is 2. The second kappa shape index (κ2) is 10.7. The molecule has 19 heavy (non-hydrogen) atoms. The monoisotopic (exact) mass is 276 g/mol. The summed E-state index contributed by atoms with van der Waals surface area (Å²) < 4.78 is 9.69. The van der Waals surface area contributed by atoms with Crippen molar-refractivity contribution in [3.63, 3.8) is 0 Å². The molecule has 7 heteroatoms. The molecule has 0 aromatic carbocycles. The Morgan fingerprint density at radius 2 is 1.95 bits per heavy atom. The maximum absolute atomic E-state index is 11.6. The Hall–Kier alpha value is -1.18. The summed E-state index contributed by atoms with van der Waals surface area (Å²) in [6.45, 7) is 4.65. The molecule has 0 bridgehead atoms. The smallest absolute Gasteiger partial charge is 0.323 e. The normalized spacial score (nSPS) is 12.3. The van der Waals surface area contributed by atoms with E-state index in [2.05, 4.69) is 15.4 Å². The first-order chi connectivity index (χ1) is 9.01. The highest BCUT2D eigenvalue weighted by Crippen LogP contribution is 1.96. The molecule has 0 rings (SSSR count). The molecule has 3 N–H and O–H groups in total. The molecule has 0 aliphatic heterocycles. The minimum Gasteiger partial charge on any atom is -0.468 e. The van der Waals surface area contributed by atoms with Crippen molar-refractivity contribution in [2.75, 3.05) is 33.5 Å². The van der Waals surface area contributed by atoms with Gasteiger partial charge in [-0.25, -0.2) is 0 Å². The zero-order valence-electron chi connectivity index (χ0n) is 11.8. The van der Waals surface area contributed by atoms with Crippen LogP contribution in [0.15, 0.2) is 0 Å². The van der Waals surface area contributed by atoms with Crippen molar-refractivity contribution in [3.8, 4) is 0 Å².